The summed E-state index contributed by atoms with van der Waals surface area (Å²) < 4.78 is 0. The maximum Gasteiger partial charge on any atom is 0.147 e. The van der Waals surface area contributed by atoms with Gasteiger partial charge in [0.25, 0.3) is 0 Å². The minimum absolute atomic E-state index is 0.0375. The Morgan fingerprint density at radius 2 is 2.33 bits per heavy atom. The minimum atomic E-state index is -0.106. The van der Waals surface area contributed by atoms with E-state index < -0.39 is 0 Å². The van der Waals surface area contributed by atoms with Crippen LogP contribution in [-0.4, -0.2) is 39.2 Å². The van der Waals surface area contributed by atoms with E-state index in [9.17, 15) is 4.79 Å². The van der Waals surface area contributed by atoms with Gasteiger partial charge in [-0.2, -0.15) is 0 Å². The molecule has 1 heterocycles. The number of thioether (sulfide) groups is 1. The van der Waals surface area contributed by atoms with E-state index in [1.165, 1.54) is 0 Å². The topological polar surface area (TPSA) is 40.5 Å². The molecule has 0 amide bonds. The maximum atomic E-state index is 11.1. The Balaban J connectivity index is 2.76. The Bertz CT molecular complexity index is 193. The molecule has 3 nitrogen and oxygen atoms in total. The van der Waals surface area contributed by atoms with Crippen molar-refractivity contribution in [2.24, 2.45) is 0 Å². The van der Waals surface area contributed by atoms with E-state index in [1.807, 2.05) is 18.7 Å². The van der Waals surface area contributed by atoms with Gasteiger partial charge in [0.05, 0.1) is 17.6 Å². The van der Waals surface area contributed by atoms with Gasteiger partial charge in [0.2, 0.25) is 0 Å². The number of ketones is 1. The van der Waals surface area contributed by atoms with Crippen molar-refractivity contribution in [3.63, 3.8) is 0 Å². The lowest BCUT2D eigenvalue weighted by atomic mass is 10.2. The average molecular weight is 189 g/mol. The molecule has 1 aliphatic rings. The lowest BCUT2D eigenvalue weighted by Gasteiger charge is -2.31. The first kappa shape index (κ1) is 10.0. The van der Waals surface area contributed by atoms with Crippen molar-refractivity contribution >= 4 is 17.5 Å². The number of carbonyl (C=O) groups excluding carboxylic acids is 1. The summed E-state index contributed by atoms with van der Waals surface area (Å²) in [6, 6.07) is -0.102. The summed E-state index contributed by atoms with van der Waals surface area (Å²) in [5.74, 6) is 0.935. The molecule has 4 heteroatoms. The molecule has 12 heavy (non-hydrogen) atoms. The third-order valence-corrected chi connectivity index (χ3v) is 3.71. The van der Waals surface area contributed by atoms with Crippen LogP contribution in [0.3, 0.4) is 0 Å². The zero-order chi connectivity index (χ0) is 9.35. The average Bonchev–Trinajstić information content (AvgIpc) is 2.24. The van der Waals surface area contributed by atoms with Crippen LogP contribution in [0, 0.1) is 0 Å². The normalized spacial score (nSPS) is 29.2. The molecule has 1 fully saturated rings. The lowest BCUT2D eigenvalue weighted by molar-refractivity contribution is -0.123. The highest BCUT2D eigenvalue weighted by Crippen LogP contribution is 2.38. The molecule has 0 bridgehead atoms. The number of rotatable bonds is 2. The smallest absolute Gasteiger partial charge is 0.147 e. The number of hydrogen-bond acceptors (Lipinski definition) is 4. The van der Waals surface area contributed by atoms with Gasteiger partial charge in [0.1, 0.15) is 5.78 Å². The molecule has 0 radical (unpaired) electrons. The second kappa shape index (κ2) is 3.36. The SMILES string of the molecule is CC(=O)[C@@H]1CSC(C)(C)N1CO. The van der Waals surface area contributed by atoms with Gasteiger partial charge in [-0.3, -0.25) is 9.69 Å². The van der Waals surface area contributed by atoms with Gasteiger partial charge in [-0.15, -0.1) is 11.8 Å². The van der Waals surface area contributed by atoms with Crippen molar-refractivity contribution < 1.29 is 9.90 Å². The molecule has 1 rings (SSSR count). The Hall–Kier alpha value is -0.0600. The fraction of sp³-hybridized carbons (Fsp3) is 0.875. The van der Waals surface area contributed by atoms with Crippen LogP contribution in [0.5, 0.6) is 0 Å². The molecule has 0 unspecified atom stereocenters. The first-order valence-electron chi connectivity index (χ1n) is 4.01. The van der Waals surface area contributed by atoms with Crippen molar-refractivity contribution in [1.82, 2.24) is 4.90 Å². The summed E-state index contributed by atoms with van der Waals surface area (Å²) in [7, 11) is 0. The van der Waals surface area contributed by atoms with E-state index in [-0.39, 0.29) is 23.4 Å². The standard InChI is InChI=1S/C8H15NO2S/c1-6(11)7-4-12-8(2,3)9(7)5-10/h7,10H,4-5H2,1-3H3/t7-/m0/s1. The third-order valence-electron chi connectivity index (χ3n) is 2.28. The van der Waals surface area contributed by atoms with Crippen molar-refractivity contribution in [2.45, 2.75) is 31.7 Å². The fourth-order valence-electron chi connectivity index (χ4n) is 1.44. The Morgan fingerprint density at radius 3 is 2.67 bits per heavy atom. The first-order valence-corrected chi connectivity index (χ1v) is 4.99. The molecule has 1 aliphatic heterocycles. The molecule has 0 aliphatic carbocycles. The molecule has 0 saturated carbocycles. The zero-order valence-electron chi connectivity index (χ0n) is 7.70. The van der Waals surface area contributed by atoms with Crippen molar-refractivity contribution in [3.05, 3.63) is 0 Å². The van der Waals surface area contributed by atoms with E-state index in [0.29, 0.717) is 0 Å². The molecular formula is C8H15NO2S. The van der Waals surface area contributed by atoms with E-state index in [0.717, 1.165) is 5.75 Å². The quantitative estimate of drug-likeness (QED) is 0.693. The van der Waals surface area contributed by atoms with Crippen molar-refractivity contribution in [1.29, 1.82) is 0 Å². The molecule has 0 aromatic heterocycles. The van der Waals surface area contributed by atoms with Crippen LogP contribution >= 0.6 is 11.8 Å². The molecule has 1 N–H and O–H groups in total. The van der Waals surface area contributed by atoms with Gasteiger partial charge in [-0.25, -0.2) is 0 Å². The predicted molar refractivity (Wildman–Crippen MR) is 49.9 cm³/mol. The van der Waals surface area contributed by atoms with E-state index >= 15 is 0 Å². The highest BCUT2D eigenvalue weighted by Gasteiger charge is 2.41. The fourth-order valence-corrected chi connectivity index (χ4v) is 2.77. The van der Waals surface area contributed by atoms with Crippen LogP contribution in [0.15, 0.2) is 0 Å². The second-order valence-corrected chi connectivity index (χ2v) is 5.12. The van der Waals surface area contributed by atoms with Gasteiger partial charge in [0, 0.05) is 5.75 Å². The molecule has 1 atom stereocenters. The Kier molecular flexibility index (Phi) is 2.81. The summed E-state index contributed by atoms with van der Waals surface area (Å²) in [6.07, 6.45) is 0. The number of aliphatic hydroxyl groups excluding tert-OH is 1. The monoisotopic (exact) mass is 189 g/mol. The Labute approximate surface area is 77.1 Å². The second-order valence-electron chi connectivity index (χ2n) is 3.50. The molecule has 0 aromatic carbocycles. The summed E-state index contributed by atoms with van der Waals surface area (Å²) in [6.45, 7) is 5.59. The van der Waals surface area contributed by atoms with Crippen LogP contribution in [-0.2, 0) is 4.79 Å². The van der Waals surface area contributed by atoms with E-state index in [2.05, 4.69) is 0 Å². The molecular weight excluding hydrogens is 174 g/mol. The summed E-state index contributed by atoms with van der Waals surface area (Å²) >= 11 is 1.71. The highest BCUT2D eigenvalue weighted by atomic mass is 32.2. The summed E-state index contributed by atoms with van der Waals surface area (Å²) in [5.41, 5.74) is 0. The lowest BCUT2D eigenvalue weighted by Crippen LogP contribution is -2.45. The van der Waals surface area contributed by atoms with E-state index in [1.54, 1.807) is 18.7 Å². The van der Waals surface area contributed by atoms with Crippen molar-refractivity contribution in [2.75, 3.05) is 12.5 Å². The van der Waals surface area contributed by atoms with Crippen LogP contribution in [0.4, 0.5) is 0 Å². The van der Waals surface area contributed by atoms with Crippen LogP contribution in [0.1, 0.15) is 20.8 Å². The molecule has 0 spiro atoms. The number of aliphatic hydroxyl groups is 1. The van der Waals surface area contributed by atoms with Gasteiger partial charge in [-0.1, -0.05) is 0 Å². The van der Waals surface area contributed by atoms with Gasteiger partial charge in [-0.05, 0) is 20.8 Å². The maximum absolute atomic E-state index is 11.1. The number of hydrogen-bond donors (Lipinski definition) is 1. The summed E-state index contributed by atoms with van der Waals surface area (Å²) in [4.78, 5) is 12.9. The Morgan fingerprint density at radius 1 is 1.75 bits per heavy atom. The molecule has 1 saturated heterocycles. The van der Waals surface area contributed by atoms with Crippen LogP contribution < -0.4 is 0 Å². The van der Waals surface area contributed by atoms with Gasteiger partial charge in [0.15, 0.2) is 0 Å². The summed E-state index contributed by atoms with van der Waals surface area (Å²) in [5, 5.41) is 9.08. The largest absolute Gasteiger partial charge is 0.381 e. The first-order chi connectivity index (χ1) is 5.49. The van der Waals surface area contributed by atoms with E-state index in [4.69, 9.17) is 5.11 Å². The zero-order valence-corrected chi connectivity index (χ0v) is 8.52. The van der Waals surface area contributed by atoms with Gasteiger partial charge < -0.3 is 5.11 Å². The molecule has 70 valence electrons. The van der Waals surface area contributed by atoms with Gasteiger partial charge >= 0.3 is 0 Å². The highest BCUT2D eigenvalue weighted by molar-refractivity contribution is 8.00. The van der Waals surface area contributed by atoms with Crippen molar-refractivity contribution in [3.8, 4) is 0 Å². The molecule has 0 aromatic rings. The minimum Gasteiger partial charge on any atom is -0.381 e. The van der Waals surface area contributed by atoms with Crippen LogP contribution in [0.25, 0.3) is 0 Å². The number of Topliss-reactive ketones (excluding diaryl/α,β-unsaturated/α-hetero) is 1. The predicted octanol–water partition coefficient (Wildman–Crippen LogP) is 0.679. The number of carbonyl (C=O) groups is 1. The number of nitrogens with zero attached hydrogens (tertiary/aromatic N) is 1. The van der Waals surface area contributed by atoms with Crippen LogP contribution in [0.2, 0.25) is 0 Å². The third kappa shape index (κ3) is 1.65.